The van der Waals surface area contributed by atoms with Crippen molar-refractivity contribution in [3.8, 4) is 5.75 Å². The average Bonchev–Trinajstić information content (AvgIpc) is 2.22. The van der Waals surface area contributed by atoms with Gasteiger partial charge in [0.15, 0.2) is 0 Å². The smallest absolute Gasteiger partial charge is 0.295 e. The molecule has 0 saturated carbocycles. The van der Waals surface area contributed by atoms with Crippen LogP contribution in [0.15, 0.2) is 11.0 Å². The molecule has 1 aromatic rings. The fourth-order valence-corrected chi connectivity index (χ4v) is 4.88. The van der Waals surface area contributed by atoms with Gasteiger partial charge in [-0.2, -0.15) is 8.42 Å². The third kappa shape index (κ3) is 3.90. The summed E-state index contributed by atoms with van der Waals surface area (Å²) in [6.45, 7) is 11.9. The molecule has 0 heterocycles. The van der Waals surface area contributed by atoms with Crippen LogP contribution in [0.3, 0.4) is 0 Å². The van der Waals surface area contributed by atoms with Gasteiger partial charge in [-0.15, -0.1) is 0 Å². The maximum absolute atomic E-state index is 11.7. The third-order valence-corrected chi connectivity index (χ3v) is 5.59. The number of methoxy groups -OCH3 is 1. The summed E-state index contributed by atoms with van der Waals surface area (Å²) in [6.07, 6.45) is 0. The molecule has 0 aliphatic rings. The van der Waals surface area contributed by atoms with Gasteiger partial charge in [-0.25, -0.2) is 0 Å². The van der Waals surface area contributed by atoms with Crippen LogP contribution in [0, 0.1) is 3.57 Å². The zero-order valence-corrected chi connectivity index (χ0v) is 16.5. The molecule has 0 atom stereocenters. The van der Waals surface area contributed by atoms with Crippen LogP contribution in [0.1, 0.15) is 52.7 Å². The highest BCUT2D eigenvalue weighted by Crippen LogP contribution is 2.44. The molecular weight excluding hydrogens is 403 g/mol. The number of rotatable bonds is 2. The highest BCUT2D eigenvalue weighted by atomic mass is 127. The lowest BCUT2D eigenvalue weighted by Crippen LogP contribution is -2.22. The Balaban J connectivity index is 4.03. The molecule has 0 aromatic heterocycles. The van der Waals surface area contributed by atoms with Crippen LogP contribution in [-0.4, -0.2) is 20.1 Å². The lowest BCUT2D eigenvalue weighted by molar-refractivity contribution is 0.379. The van der Waals surface area contributed by atoms with Gasteiger partial charge in [0, 0.05) is 14.7 Å². The second-order valence-corrected chi connectivity index (χ2v) is 9.59. The highest BCUT2D eigenvalue weighted by molar-refractivity contribution is 14.1. The van der Waals surface area contributed by atoms with Crippen molar-refractivity contribution < 1.29 is 17.7 Å². The quantitative estimate of drug-likeness (QED) is 0.571. The molecule has 1 aromatic carbocycles. The lowest BCUT2D eigenvalue weighted by atomic mass is 9.79. The van der Waals surface area contributed by atoms with Crippen molar-refractivity contribution in [1.82, 2.24) is 0 Å². The normalized spacial score (nSPS) is 13.4. The topological polar surface area (TPSA) is 63.6 Å². The Hall–Kier alpha value is -0.340. The molecule has 0 amide bonds. The van der Waals surface area contributed by atoms with Crippen LogP contribution < -0.4 is 4.74 Å². The molecule has 0 aliphatic heterocycles. The van der Waals surface area contributed by atoms with Crippen LogP contribution in [-0.2, 0) is 20.9 Å². The Morgan fingerprint density at radius 3 is 1.86 bits per heavy atom. The molecule has 0 spiro atoms. The maximum atomic E-state index is 11.7. The standard InChI is InChI=1S/C15H23IO4S/c1-14(2,3)9-8-10(21(17,18)19)12(16)11(13(9)20-7)15(4,5)6/h8H,1-7H3,(H,17,18,19). The van der Waals surface area contributed by atoms with E-state index in [-0.39, 0.29) is 15.7 Å². The summed E-state index contributed by atoms with van der Waals surface area (Å²) >= 11 is 1.97. The fraction of sp³-hybridized carbons (Fsp3) is 0.600. The molecule has 120 valence electrons. The Labute approximate surface area is 141 Å². The summed E-state index contributed by atoms with van der Waals surface area (Å²) in [7, 11) is -2.70. The number of hydrogen-bond donors (Lipinski definition) is 1. The summed E-state index contributed by atoms with van der Waals surface area (Å²) in [5, 5.41) is 0. The lowest BCUT2D eigenvalue weighted by Gasteiger charge is -2.30. The van der Waals surface area contributed by atoms with Crippen molar-refractivity contribution in [3.05, 3.63) is 20.8 Å². The summed E-state index contributed by atoms with van der Waals surface area (Å²) in [6, 6.07) is 1.52. The minimum Gasteiger partial charge on any atom is -0.496 e. The molecule has 1 N–H and O–H groups in total. The average molecular weight is 426 g/mol. The molecule has 0 aliphatic carbocycles. The van der Waals surface area contributed by atoms with Gasteiger partial charge in [-0.05, 0) is 39.5 Å². The van der Waals surface area contributed by atoms with Crippen molar-refractivity contribution >= 4 is 32.7 Å². The molecule has 0 bridgehead atoms. The fourth-order valence-electron chi connectivity index (χ4n) is 2.24. The van der Waals surface area contributed by atoms with Crippen molar-refractivity contribution in [1.29, 1.82) is 0 Å². The Morgan fingerprint density at radius 2 is 1.57 bits per heavy atom. The van der Waals surface area contributed by atoms with Crippen LogP contribution >= 0.6 is 22.6 Å². The van der Waals surface area contributed by atoms with E-state index in [0.717, 1.165) is 11.1 Å². The van der Waals surface area contributed by atoms with Gasteiger partial charge in [0.1, 0.15) is 10.6 Å². The van der Waals surface area contributed by atoms with Gasteiger partial charge in [0.05, 0.1) is 7.11 Å². The number of halogens is 1. The van der Waals surface area contributed by atoms with Crippen molar-refractivity contribution in [2.24, 2.45) is 0 Å². The first-order valence-electron chi connectivity index (χ1n) is 6.60. The Bertz CT molecular complexity index is 650. The highest BCUT2D eigenvalue weighted by Gasteiger charge is 2.33. The van der Waals surface area contributed by atoms with E-state index in [4.69, 9.17) is 4.74 Å². The largest absolute Gasteiger partial charge is 0.496 e. The van der Waals surface area contributed by atoms with Gasteiger partial charge in [-0.3, -0.25) is 4.55 Å². The third-order valence-electron chi connectivity index (χ3n) is 3.22. The molecule has 0 saturated heterocycles. The van der Waals surface area contributed by atoms with Crippen LogP contribution in [0.4, 0.5) is 0 Å². The first-order chi connectivity index (χ1) is 9.21. The van der Waals surface area contributed by atoms with E-state index in [0.29, 0.717) is 9.32 Å². The van der Waals surface area contributed by atoms with E-state index >= 15 is 0 Å². The Kier molecular flexibility index (Phi) is 5.08. The molecular formula is C15H23IO4S. The van der Waals surface area contributed by atoms with Gasteiger partial charge in [-0.1, -0.05) is 41.5 Å². The van der Waals surface area contributed by atoms with Crippen molar-refractivity contribution in [2.75, 3.05) is 7.11 Å². The van der Waals surface area contributed by atoms with Gasteiger partial charge in [0.2, 0.25) is 0 Å². The monoisotopic (exact) mass is 426 g/mol. The predicted octanol–water partition coefficient (Wildman–Crippen LogP) is 4.14. The van der Waals surface area contributed by atoms with Crippen molar-refractivity contribution in [2.45, 2.75) is 57.3 Å². The van der Waals surface area contributed by atoms with Gasteiger partial charge in [0.25, 0.3) is 10.1 Å². The van der Waals surface area contributed by atoms with Crippen molar-refractivity contribution in [3.63, 3.8) is 0 Å². The van der Waals surface area contributed by atoms with E-state index in [1.165, 1.54) is 6.07 Å². The molecule has 0 unspecified atom stereocenters. The molecule has 21 heavy (non-hydrogen) atoms. The Morgan fingerprint density at radius 1 is 1.10 bits per heavy atom. The maximum Gasteiger partial charge on any atom is 0.295 e. The second-order valence-electron chi connectivity index (χ2n) is 7.12. The molecule has 0 fully saturated rings. The van der Waals surface area contributed by atoms with E-state index in [1.807, 2.05) is 64.1 Å². The number of benzene rings is 1. The van der Waals surface area contributed by atoms with E-state index < -0.39 is 10.1 Å². The zero-order valence-electron chi connectivity index (χ0n) is 13.5. The summed E-state index contributed by atoms with van der Waals surface area (Å²) in [5.74, 6) is 0.687. The first-order valence-corrected chi connectivity index (χ1v) is 9.12. The number of hydrogen-bond acceptors (Lipinski definition) is 3. The van der Waals surface area contributed by atoms with E-state index in [1.54, 1.807) is 7.11 Å². The number of ether oxygens (including phenoxy) is 1. The van der Waals surface area contributed by atoms with Gasteiger partial charge < -0.3 is 4.74 Å². The molecule has 4 nitrogen and oxygen atoms in total. The van der Waals surface area contributed by atoms with E-state index in [2.05, 4.69) is 0 Å². The summed E-state index contributed by atoms with van der Waals surface area (Å²) in [4.78, 5) is -0.0567. The second kappa shape index (κ2) is 5.70. The SMILES string of the molecule is COc1c(C(C)(C)C)cc(S(=O)(=O)O)c(I)c1C(C)(C)C. The van der Waals surface area contributed by atoms with Crippen LogP contribution in [0.5, 0.6) is 5.75 Å². The zero-order chi connectivity index (χ0) is 16.8. The minimum absolute atomic E-state index is 0.0567. The minimum atomic E-state index is -4.29. The first kappa shape index (κ1) is 18.7. The summed E-state index contributed by atoms with van der Waals surface area (Å²) in [5.41, 5.74) is 0.936. The van der Waals surface area contributed by atoms with Crippen LogP contribution in [0.2, 0.25) is 0 Å². The summed E-state index contributed by atoms with van der Waals surface area (Å²) < 4.78 is 39.1. The van der Waals surface area contributed by atoms with Crippen LogP contribution in [0.25, 0.3) is 0 Å². The molecule has 1 rings (SSSR count). The predicted molar refractivity (Wildman–Crippen MR) is 92.9 cm³/mol. The van der Waals surface area contributed by atoms with E-state index in [9.17, 15) is 13.0 Å². The molecule has 0 radical (unpaired) electrons. The molecule has 6 heteroatoms. The van der Waals surface area contributed by atoms with Gasteiger partial charge >= 0.3 is 0 Å².